The Labute approximate surface area is 148 Å². The molecule has 2 aromatic carbocycles. The van der Waals surface area contributed by atoms with Crippen molar-refractivity contribution < 1.29 is 9.90 Å². The van der Waals surface area contributed by atoms with E-state index in [2.05, 4.69) is 30.4 Å². The van der Waals surface area contributed by atoms with E-state index >= 15 is 0 Å². The van der Waals surface area contributed by atoms with Gasteiger partial charge in [0.1, 0.15) is 11.4 Å². The van der Waals surface area contributed by atoms with Crippen LogP contribution in [0, 0.1) is 13.8 Å². The molecular weight excluding hydrogens is 312 g/mol. The van der Waals surface area contributed by atoms with Gasteiger partial charge in [0.2, 0.25) is 0 Å². The summed E-state index contributed by atoms with van der Waals surface area (Å²) >= 11 is 0. The maximum atomic E-state index is 12.9. The summed E-state index contributed by atoms with van der Waals surface area (Å²) in [6, 6.07) is 11.6. The van der Waals surface area contributed by atoms with E-state index in [1.165, 1.54) is 5.56 Å². The van der Waals surface area contributed by atoms with Crippen molar-refractivity contribution in [3.63, 3.8) is 0 Å². The smallest absolute Gasteiger partial charge is 0.272 e. The second kappa shape index (κ2) is 6.63. The lowest BCUT2D eigenvalue weighted by Crippen LogP contribution is -2.18. The van der Waals surface area contributed by atoms with Gasteiger partial charge in [-0.15, -0.1) is 0 Å². The van der Waals surface area contributed by atoms with E-state index in [4.69, 9.17) is 0 Å². The van der Waals surface area contributed by atoms with Crippen LogP contribution in [-0.4, -0.2) is 15.6 Å². The maximum Gasteiger partial charge on any atom is 0.272 e. The van der Waals surface area contributed by atoms with Gasteiger partial charge in [-0.2, -0.15) is 0 Å². The molecule has 3 aromatic rings. The maximum absolute atomic E-state index is 12.9. The van der Waals surface area contributed by atoms with Crippen molar-refractivity contribution in [3.05, 3.63) is 58.8 Å². The number of hydrogen-bond donors (Lipinski definition) is 2. The standard InChI is InChI=1S/C21H24N2O2/c1-5-15-8-10-18-16(12-15)14(4)20(23(18)6-2)21(25)22-17-9-7-13(3)11-19(17)24/h7-12,24H,5-6H2,1-4H3,(H,22,25). The predicted octanol–water partition coefficient (Wildman–Crippen LogP) is 4.80. The molecule has 0 bridgehead atoms. The average molecular weight is 336 g/mol. The van der Waals surface area contributed by atoms with Crippen LogP contribution in [0.5, 0.6) is 5.75 Å². The van der Waals surface area contributed by atoms with Crippen molar-refractivity contribution in [1.82, 2.24) is 4.57 Å². The van der Waals surface area contributed by atoms with E-state index < -0.39 is 0 Å². The van der Waals surface area contributed by atoms with E-state index in [-0.39, 0.29) is 11.7 Å². The quantitative estimate of drug-likeness (QED) is 0.673. The molecular formula is C21H24N2O2. The zero-order valence-corrected chi connectivity index (χ0v) is 15.2. The van der Waals surface area contributed by atoms with Crippen molar-refractivity contribution in [2.75, 3.05) is 5.32 Å². The zero-order valence-electron chi connectivity index (χ0n) is 15.2. The Balaban J connectivity index is 2.07. The van der Waals surface area contributed by atoms with Crippen LogP contribution in [0.3, 0.4) is 0 Å². The molecule has 0 aliphatic carbocycles. The van der Waals surface area contributed by atoms with Gasteiger partial charge in [-0.25, -0.2) is 0 Å². The highest BCUT2D eigenvalue weighted by molar-refractivity contribution is 6.09. The Morgan fingerprint density at radius 1 is 1.12 bits per heavy atom. The summed E-state index contributed by atoms with van der Waals surface area (Å²) in [5, 5.41) is 14.0. The van der Waals surface area contributed by atoms with Gasteiger partial charge in [0.05, 0.1) is 5.69 Å². The van der Waals surface area contributed by atoms with Gasteiger partial charge >= 0.3 is 0 Å². The molecule has 130 valence electrons. The van der Waals surface area contributed by atoms with Crippen molar-refractivity contribution in [2.24, 2.45) is 0 Å². The minimum Gasteiger partial charge on any atom is -0.506 e. The Hall–Kier alpha value is -2.75. The van der Waals surface area contributed by atoms with Gasteiger partial charge in [-0.3, -0.25) is 4.79 Å². The highest BCUT2D eigenvalue weighted by atomic mass is 16.3. The summed E-state index contributed by atoms with van der Waals surface area (Å²) in [5.41, 5.74) is 5.31. The summed E-state index contributed by atoms with van der Waals surface area (Å²) in [5.74, 6) is -0.119. The number of rotatable bonds is 4. The van der Waals surface area contributed by atoms with Crippen LogP contribution in [0.1, 0.15) is 41.0 Å². The molecule has 0 saturated heterocycles. The van der Waals surface area contributed by atoms with Crippen LogP contribution in [0.4, 0.5) is 5.69 Å². The number of phenols is 1. The number of nitrogens with one attached hydrogen (secondary N) is 1. The molecule has 0 aliphatic heterocycles. The number of aromatic nitrogens is 1. The van der Waals surface area contributed by atoms with Crippen molar-refractivity contribution >= 4 is 22.5 Å². The van der Waals surface area contributed by atoms with Gasteiger partial charge in [-0.05, 0) is 68.1 Å². The van der Waals surface area contributed by atoms with Crippen molar-refractivity contribution in [1.29, 1.82) is 0 Å². The van der Waals surface area contributed by atoms with Crippen molar-refractivity contribution in [3.8, 4) is 5.75 Å². The Bertz CT molecular complexity index is 954. The number of carbonyl (C=O) groups is 1. The number of benzene rings is 2. The lowest BCUT2D eigenvalue weighted by molar-refractivity contribution is 0.101. The zero-order chi connectivity index (χ0) is 18.1. The molecule has 0 unspecified atom stereocenters. The first-order chi connectivity index (χ1) is 12.0. The average Bonchev–Trinajstić information content (AvgIpc) is 2.88. The third kappa shape index (κ3) is 3.00. The predicted molar refractivity (Wildman–Crippen MR) is 103 cm³/mol. The molecule has 4 heteroatoms. The molecule has 0 atom stereocenters. The van der Waals surface area contributed by atoms with E-state index in [0.717, 1.165) is 28.5 Å². The monoisotopic (exact) mass is 336 g/mol. The molecule has 4 nitrogen and oxygen atoms in total. The number of aromatic hydroxyl groups is 1. The third-order valence-corrected chi connectivity index (χ3v) is 4.72. The molecule has 25 heavy (non-hydrogen) atoms. The van der Waals surface area contributed by atoms with Gasteiger partial charge in [0, 0.05) is 17.4 Å². The Kier molecular flexibility index (Phi) is 4.53. The first-order valence-corrected chi connectivity index (χ1v) is 8.69. The fraction of sp³-hybridized carbons (Fsp3) is 0.286. The van der Waals surface area contributed by atoms with Crippen LogP contribution < -0.4 is 5.32 Å². The summed E-state index contributed by atoms with van der Waals surface area (Å²) < 4.78 is 2.03. The fourth-order valence-electron chi connectivity index (χ4n) is 3.34. The van der Waals surface area contributed by atoms with Crippen LogP contribution in [0.25, 0.3) is 10.9 Å². The topological polar surface area (TPSA) is 54.3 Å². The number of fused-ring (bicyclic) bond motifs is 1. The molecule has 0 aliphatic rings. The fourth-order valence-corrected chi connectivity index (χ4v) is 3.34. The van der Waals surface area contributed by atoms with E-state index in [1.54, 1.807) is 12.1 Å². The normalized spacial score (nSPS) is 11.0. The number of anilines is 1. The number of aryl methyl sites for hydroxylation is 4. The minimum atomic E-state index is -0.201. The minimum absolute atomic E-state index is 0.0819. The number of carbonyl (C=O) groups excluding carboxylic acids is 1. The first-order valence-electron chi connectivity index (χ1n) is 8.69. The molecule has 3 rings (SSSR count). The highest BCUT2D eigenvalue weighted by Crippen LogP contribution is 2.29. The van der Waals surface area contributed by atoms with Crippen LogP contribution in [-0.2, 0) is 13.0 Å². The van der Waals surface area contributed by atoms with Crippen LogP contribution in [0.2, 0.25) is 0 Å². The molecule has 0 radical (unpaired) electrons. The number of nitrogens with zero attached hydrogens (tertiary/aromatic N) is 1. The number of phenolic OH excluding ortho intramolecular Hbond substituents is 1. The second-order valence-corrected chi connectivity index (χ2v) is 6.40. The summed E-state index contributed by atoms with van der Waals surface area (Å²) in [4.78, 5) is 12.9. The SMILES string of the molecule is CCc1ccc2c(c1)c(C)c(C(=O)Nc1ccc(C)cc1O)n2CC. The molecule has 1 heterocycles. The van der Waals surface area contributed by atoms with Crippen molar-refractivity contribution in [2.45, 2.75) is 40.7 Å². The number of hydrogen-bond acceptors (Lipinski definition) is 2. The largest absolute Gasteiger partial charge is 0.506 e. The lowest BCUT2D eigenvalue weighted by Gasteiger charge is -2.11. The van der Waals surface area contributed by atoms with E-state index in [9.17, 15) is 9.90 Å². The second-order valence-electron chi connectivity index (χ2n) is 6.40. The Morgan fingerprint density at radius 2 is 1.88 bits per heavy atom. The Morgan fingerprint density at radius 3 is 2.52 bits per heavy atom. The lowest BCUT2D eigenvalue weighted by atomic mass is 10.1. The van der Waals surface area contributed by atoms with Crippen LogP contribution >= 0.6 is 0 Å². The van der Waals surface area contributed by atoms with Gasteiger partial charge in [-0.1, -0.05) is 19.1 Å². The first kappa shape index (κ1) is 17.1. The third-order valence-electron chi connectivity index (χ3n) is 4.72. The van der Waals surface area contributed by atoms with Gasteiger partial charge in [0.15, 0.2) is 0 Å². The van der Waals surface area contributed by atoms with E-state index in [0.29, 0.717) is 17.9 Å². The molecule has 2 N–H and O–H groups in total. The summed E-state index contributed by atoms with van der Waals surface area (Å²) in [6.07, 6.45) is 0.964. The van der Waals surface area contributed by atoms with Gasteiger partial charge < -0.3 is 15.0 Å². The summed E-state index contributed by atoms with van der Waals surface area (Å²) in [7, 11) is 0. The highest BCUT2D eigenvalue weighted by Gasteiger charge is 2.20. The number of amides is 1. The van der Waals surface area contributed by atoms with Gasteiger partial charge in [0.25, 0.3) is 5.91 Å². The molecule has 1 amide bonds. The molecule has 1 aromatic heterocycles. The molecule has 0 saturated carbocycles. The summed E-state index contributed by atoms with van der Waals surface area (Å²) in [6.45, 7) is 8.75. The van der Waals surface area contributed by atoms with E-state index in [1.807, 2.05) is 31.4 Å². The molecule has 0 fully saturated rings. The molecule has 0 spiro atoms. The van der Waals surface area contributed by atoms with Crippen LogP contribution in [0.15, 0.2) is 36.4 Å².